The van der Waals surface area contributed by atoms with E-state index in [9.17, 15) is 0 Å². The maximum absolute atomic E-state index is 3.54. The lowest BCUT2D eigenvalue weighted by Crippen LogP contribution is -2.28. The Labute approximate surface area is 86.7 Å². The Bertz CT molecular complexity index is 348. The highest BCUT2D eigenvalue weighted by Gasteiger charge is 2.33. The topological polar surface area (TPSA) is 12.0 Å². The lowest BCUT2D eigenvalue weighted by Gasteiger charge is -2.19. The van der Waals surface area contributed by atoms with Gasteiger partial charge in [-0.15, -0.1) is 0 Å². The van der Waals surface area contributed by atoms with Gasteiger partial charge in [0, 0.05) is 17.6 Å². The molecule has 1 aromatic carbocycles. The molecule has 0 amide bonds. The molecule has 1 aliphatic heterocycles. The van der Waals surface area contributed by atoms with Gasteiger partial charge in [0.25, 0.3) is 0 Å². The Morgan fingerprint density at radius 3 is 2.77 bits per heavy atom. The van der Waals surface area contributed by atoms with Gasteiger partial charge in [-0.3, -0.25) is 0 Å². The third kappa shape index (κ3) is 1.16. The van der Waals surface area contributed by atoms with Crippen LogP contribution in [0, 0.1) is 0 Å². The number of hydrogen-bond donors (Lipinski definition) is 1. The Kier molecular flexibility index (Phi) is 1.74. The van der Waals surface area contributed by atoms with Gasteiger partial charge in [-0.2, -0.15) is 0 Å². The molecule has 2 unspecified atom stereocenters. The van der Waals surface area contributed by atoms with Crippen molar-refractivity contribution in [2.45, 2.75) is 18.3 Å². The molecule has 2 aliphatic rings. The molecule has 1 N–H and O–H groups in total. The van der Waals surface area contributed by atoms with Crippen molar-refractivity contribution in [1.29, 1.82) is 0 Å². The van der Waals surface area contributed by atoms with E-state index >= 15 is 0 Å². The minimum Gasteiger partial charge on any atom is -0.316 e. The molecule has 1 aromatic rings. The van der Waals surface area contributed by atoms with E-state index in [2.05, 4.69) is 39.4 Å². The predicted octanol–water partition coefficient (Wildman–Crippen LogP) is 2.62. The SMILES string of the molecule is Brc1ccc2c(c1)C1CNCC2C1. The first kappa shape index (κ1) is 8.01. The minimum atomic E-state index is 0.770. The van der Waals surface area contributed by atoms with E-state index in [0.29, 0.717) is 0 Å². The molecule has 1 fully saturated rings. The number of piperidine rings is 1. The molecule has 1 saturated heterocycles. The minimum absolute atomic E-state index is 0.770. The van der Waals surface area contributed by atoms with Crippen molar-refractivity contribution in [3.63, 3.8) is 0 Å². The first-order valence-corrected chi connectivity index (χ1v) is 5.64. The van der Waals surface area contributed by atoms with Crippen LogP contribution in [0.4, 0.5) is 0 Å². The molecule has 1 nitrogen and oxygen atoms in total. The van der Waals surface area contributed by atoms with Crippen LogP contribution in [0.5, 0.6) is 0 Å². The number of rotatable bonds is 0. The summed E-state index contributed by atoms with van der Waals surface area (Å²) in [4.78, 5) is 0. The molecule has 13 heavy (non-hydrogen) atoms. The fraction of sp³-hybridized carbons (Fsp3) is 0.455. The van der Waals surface area contributed by atoms with E-state index in [1.165, 1.54) is 24.0 Å². The van der Waals surface area contributed by atoms with Gasteiger partial charge in [-0.25, -0.2) is 0 Å². The standard InChI is InChI=1S/C11H12BrN/c12-9-1-2-10-7-3-8(6-13-5-7)11(10)4-9/h1-2,4,7-8,13H,3,5-6H2. The average molecular weight is 238 g/mol. The van der Waals surface area contributed by atoms with Crippen LogP contribution in [0.25, 0.3) is 0 Å². The van der Waals surface area contributed by atoms with Gasteiger partial charge < -0.3 is 5.32 Å². The second-order valence-electron chi connectivity index (χ2n) is 4.06. The van der Waals surface area contributed by atoms with Crippen LogP contribution in [-0.2, 0) is 0 Å². The first-order chi connectivity index (χ1) is 6.34. The molecule has 3 rings (SSSR count). The molecular formula is C11H12BrN. The number of fused-ring (bicyclic) bond motifs is 5. The average Bonchev–Trinajstić information content (AvgIpc) is 2.39. The second-order valence-corrected chi connectivity index (χ2v) is 4.98. The normalized spacial score (nSPS) is 30.2. The zero-order valence-electron chi connectivity index (χ0n) is 7.39. The van der Waals surface area contributed by atoms with E-state index < -0.39 is 0 Å². The van der Waals surface area contributed by atoms with Gasteiger partial charge in [0.15, 0.2) is 0 Å². The Morgan fingerprint density at radius 1 is 1.15 bits per heavy atom. The summed E-state index contributed by atoms with van der Waals surface area (Å²) in [5.74, 6) is 1.55. The van der Waals surface area contributed by atoms with Crippen LogP contribution in [0.1, 0.15) is 29.4 Å². The zero-order valence-corrected chi connectivity index (χ0v) is 8.97. The van der Waals surface area contributed by atoms with E-state index in [1.54, 1.807) is 11.1 Å². The summed E-state index contributed by atoms with van der Waals surface area (Å²) < 4.78 is 1.22. The van der Waals surface area contributed by atoms with Gasteiger partial charge >= 0.3 is 0 Å². The molecule has 0 saturated carbocycles. The van der Waals surface area contributed by atoms with Crippen molar-refractivity contribution >= 4 is 15.9 Å². The Hall–Kier alpha value is -0.340. The third-order valence-electron chi connectivity index (χ3n) is 3.28. The van der Waals surface area contributed by atoms with E-state index in [4.69, 9.17) is 0 Å². The van der Waals surface area contributed by atoms with E-state index in [-0.39, 0.29) is 0 Å². The number of nitrogens with one attached hydrogen (secondary N) is 1. The van der Waals surface area contributed by atoms with Crippen molar-refractivity contribution in [2.24, 2.45) is 0 Å². The maximum atomic E-state index is 3.54. The summed E-state index contributed by atoms with van der Waals surface area (Å²) in [6.45, 7) is 2.34. The van der Waals surface area contributed by atoms with Crippen LogP contribution < -0.4 is 5.32 Å². The summed E-state index contributed by atoms with van der Waals surface area (Å²) in [5.41, 5.74) is 3.16. The number of benzene rings is 1. The summed E-state index contributed by atoms with van der Waals surface area (Å²) in [6, 6.07) is 6.75. The summed E-state index contributed by atoms with van der Waals surface area (Å²) in [6.07, 6.45) is 1.36. The highest BCUT2D eigenvalue weighted by Crippen LogP contribution is 2.44. The number of halogens is 1. The van der Waals surface area contributed by atoms with Gasteiger partial charge in [-0.1, -0.05) is 22.0 Å². The summed E-state index contributed by atoms with van der Waals surface area (Å²) >= 11 is 3.54. The second kappa shape index (κ2) is 2.82. The molecule has 2 heteroatoms. The van der Waals surface area contributed by atoms with Crippen LogP contribution in [0.3, 0.4) is 0 Å². The monoisotopic (exact) mass is 237 g/mol. The van der Waals surface area contributed by atoms with Crippen molar-refractivity contribution in [1.82, 2.24) is 5.32 Å². The van der Waals surface area contributed by atoms with Crippen LogP contribution >= 0.6 is 15.9 Å². The Morgan fingerprint density at radius 2 is 1.92 bits per heavy atom. The molecule has 1 heterocycles. The molecule has 2 bridgehead atoms. The van der Waals surface area contributed by atoms with Gasteiger partial charge in [-0.05, 0) is 41.5 Å². The Balaban J connectivity index is 2.15. The highest BCUT2D eigenvalue weighted by molar-refractivity contribution is 9.10. The molecule has 1 aliphatic carbocycles. The summed E-state index contributed by atoms with van der Waals surface area (Å²) in [5, 5.41) is 3.50. The molecule has 2 atom stereocenters. The lowest BCUT2D eigenvalue weighted by molar-refractivity contribution is 0.454. The largest absolute Gasteiger partial charge is 0.316 e. The fourth-order valence-corrected chi connectivity index (χ4v) is 3.07. The van der Waals surface area contributed by atoms with Crippen LogP contribution in [0.2, 0.25) is 0 Å². The van der Waals surface area contributed by atoms with E-state index in [0.717, 1.165) is 11.8 Å². The molecule has 0 radical (unpaired) electrons. The molecular weight excluding hydrogens is 226 g/mol. The summed E-state index contributed by atoms with van der Waals surface area (Å²) in [7, 11) is 0. The van der Waals surface area contributed by atoms with Gasteiger partial charge in [0.2, 0.25) is 0 Å². The van der Waals surface area contributed by atoms with E-state index in [1.807, 2.05) is 0 Å². The van der Waals surface area contributed by atoms with Gasteiger partial charge in [0.05, 0.1) is 0 Å². The smallest absolute Gasteiger partial charge is 0.0178 e. The third-order valence-corrected chi connectivity index (χ3v) is 3.77. The molecule has 0 spiro atoms. The quantitative estimate of drug-likeness (QED) is 0.732. The molecule has 68 valence electrons. The van der Waals surface area contributed by atoms with Crippen molar-refractivity contribution in [2.75, 3.05) is 13.1 Å². The lowest BCUT2D eigenvalue weighted by atomic mass is 9.98. The van der Waals surface area contributed by atoms with Crippen molar-refractivity contribution in [3.05, 3.63) is 33.8 Å². The van der Waals surface area contributed by atoms with Gasteiger partial charge in [0.1, 0.15) is 0 Å². The molecule has 0 aromatic heterocycles. The van der Waals surface area contributed by atoms with Crippen molar-refractivity contribution < 1.29 is 0 Å². The number of hydrogen-bond acceptors (Lipinski definition) is 1. The fourth-order valence-electron chi connectivity index (χ4n) is 2.69. The zero-order chi connectivity index (χ0) is 8.84. The maximum Gasteiger partial charge on any atom is 0.0178 e. The van der Waals surface area contributed by atoms with Crippen LogP contribution in [-0.4, -0.2) is 13.1 Å². The van der Waals surface area contributed by atoms with Crippen LogP contribution in [0.15, 0.2) is 22.7 Å². The predicted molar refractivity (Wildman–Crippen MR) is 57.1 cm³/mol. The first-order valence-electron chi connectivity index (χ1n) is 4.84. The highest BCUT2D eigenvalue weighted by atomic mass is 79.9. The van der Waals surface area contributed by atoms with Crippen molar-refractivity contribution in [3.8, 4) is 0 Å².